The molecular formula is C12H22N4O. The highest BCUT2D eigenvalue weighted by Crippen LogP contribution is 2.11. The average molecular weight is 238 g/mol. The zero-order valence-corrected chi connectivity index (χ0v) is 10.9. The van der Waals surface area contributed by atoms with Crippen molar-refractivity contribution in [1.29, 1.82) is 0 Å². The number of nitrogens with two attached hydrogens (primary N) is 1. The molecule has 96 valence electrons. The van der Waals surface area contributed by atoms with Gasteiger partial charge in [-0.25, -0.2) is 4.98 Å². The number of nitrogen functional groups attached to an aromatic ring is 1. The molecule has 1 rings (SSSR count). The molecule has 0 saturated carbocycles. The van der Waals surface area contributed by atoms with Gasteiger partial charge in [-0.05, 0) is 13.1 Å². The minimum absolute atomic E-state index is 0.467. The Kier molecular flexibility index (Phi) is 5.69. The molecule has 0 radical (unpaired) electrons. The van der Waals surface area contributed by atoms with E-state index in [1.54, 1.807) is 6.07 Å². The zero-order chi connectivity index (χ0) is 12.7. The maximum absolute atomic E-state index is 5.68. The van der Waals surface area contributed by atoms with Crippen LogP contribution < -0.4 is 10.5 Å². The van der Waals surface area contributed by atoms with Gasteiger partial charge in [0, 0.05) is 19.0 Å². The minimum atomic E-state index is 0.467. The van der Waals surface area contributed by atoms with Crippen molar-refractivity contribution in [3.05, 3.63) is 11.9 Å². The van der Waals surface area contributed by atoms with Gasteiger partial charge in [0.2, 0.25) is 5.88 Å². The van der Waals surface area contributed by atoms with Crippen LogP contribution in [-0.4, -0.2) is 41.1 Å². The molecule has 1 aromatic rings. The lowest BCUT2D eigenvalue weighted by atomic mass is 10.4. The summed E-state index contributed by atoms with van der Waals surface area (Å²) in [4.78, 5) is 10.7. The quantitative estimate of drug-likeness (QED) is 0.776. The summed E-state index contributed by atoms with van der Waals surface area (Å²) in [6.07, 6.45) is 0.761. The number of nitrogens with zero attached hydrogens (tertiary/aromatic N) is 3. The minimum Gasteiger partial charge on any atom is -0.476 e. The molecule has 5 heteroatoms. The van der Waals surface area contributed by atoms with E-state index in [-0.39, 0.29) is 0 Å². The monoisotopic (exact) mass is 238 g/mol. The van der Waals surface area contributed by atoms with E-state index in [0.29, 0.717) is 18.3 Å². The number of ether oxygens (including phenoxy) is 1. The molecule has 0 fully saturated rings. The Bertz CT molecular complexity index is 339. The first-order valence-electron chi connectivity index (χ1n) is 6.18. The Labute approximate surface area is 103 Å². The standard InChI is InChI=1S/C12H22N4O/c1-4-11-14-10(13)9-12(15-11)17-8-7-16(5-2)6-3/h9H,4-8H2,1-3H3,(H2,13,14,15). The largest absolute Gasteiger partial charge is 0.476 e. The van der Waals surface area contributed by atoms with Gasteiger partial charge in [-0.1, -0.05) is 20.8 Å². The number of likely N-dealkylation sites (N-methyl/N-ethyl adjacent to an activating group) is 1. The van der Waals surface area contributed by atoms with Gasteiger partial charge in [0.25, 0.3) is 0 Å². The highest BCUT2D eigenvalue weighted by atomic mass is 16.5. The first-order valence-corrected chi connectivity index (χ1v) is 6.18. The summed E-state index contributed by atoms with van der Waals surface area (Å²) >= 11 is 0. The molecule has 1 heterocycles. The topological polar surface area (TPSA) is 64.3 Å². The Morgan fingerprint density at radius 1 is 1.24 bits per heavy atom. The van der Waals surface area contributed by atoms with Crippen molar-refractivity contribution in [3.8, 4) is 5.88 Å². The first kappa shape index (κ1) is 13.7. The third kappa shape index (κ3) is 4.56. The third-order valence-electron chi connectivity index (χ3n) is 2.64. The number of rotatable bonds is 7. The lowest BCUT2D eigenvalue weighted by Gasteiger charge is -2.17. The van der Waals surface area contributed by atoms with Crippen LogP contribution >= 0.6 is 0 Å². The van der Waals surface area contributed by atoms with Crippen LogP contribution in [-0.2, 0) is 6.42 Å². The number of aryl methyl sites for hydroxylation is 1. The summed E-state index contributed by atoms with van der Waals surface area (Å²) in [6.45, 7) is 9.87. The summed E-state index contributed by atoms with van der Waals surface area (Å²) in [5.74, 6) is 1.76. The van der Waals surface area contributed by atoms with E-state index in [0.717, 1.165) is 31.9 Å². The van der Waals surface area contributed by atoms with Gasteiger partial charge in [0.15, 0.2) is 0 Å². The maximum atomic E-state index is 5.68. The molecule has 2 N–H and O–H groups in total. The van der Waals surface area contributed by atoms with Crippen LogP contribution in [0.1, 0.15) is 26.6 Å². The molecule has 0 aromatic carbocycles. The van der Waals surface area contributed by atoms with Crippen LogP contribution in [0.15, 0.2) is 6.07 Å². The van der Waals surface area contributed by atoms with Crippen LogP contribution in [0.3, 0.4) is 0 Å². The number of anilines is 1. The first-order chi connectivity index (χ1) is 8.19. The van der Waals surface area contributed by atoms with Crippen molar-refractivity contribution in [1.82, 2.24) is 14.9 Å². The van der Waals surface area contributed by atoms with Crippen LogP contribution in [0.25, 0.3) is 0 Å². The molecule has 0 unspecified atom stereocenters. The second-order valence-electron chi connectivity index (χ2n) is 3.78. The Hall–Kier alpha value is -1.36. The summed E-state index contributed by atoms with van der Waals surface area (Å²) in [5.41, 5.74) is 5.68. The molecule has 0 aliphatic carbocycles. The zero-order valence-electron chi connectivity index (χ0n) is 10.9. The average Bonchev–Trinajstić information content (AvgIpc) is 2.34. The van der Waals surface area contributed by atoms with Crippen molar-refractivity contribution < 1.29 is 4.74 Å². The van der Waals surface area contributed by atoms with E-state index in [2.05, 4.69) is 28.7 Å². The molecule has 0 bridgehead atoms. The van der Waals surface area contributed by atoms with Crippen LogP contribution in [0.2, 0.25) is 0 Å². The lowest BCUT2D eigenvalue weighted by molar-refractivity contribution is 0.217. The molecule has 0 aliphatic heterocycles. The van der Waals surface area contributed by atoms with E-state index in [1.165, 1.54) is 0 Å². The fourth-order valence-electron chi connectivity index (χ4n) is 1.54. The van der Waals surface area contributed by atoms with Gasteiger partial charge in [0.05, 0.1) is 0 Å². The predicted molar refractivity (Wildman–Crippen MR) is 69.1 cm³/mol. The number of hydrogen-bond donors (Lipinski definition) is 1. The molecule has 0 atom stereocenters. The van der Waals surface area contributed by atoms with E-state index in [1.807, 2.05) is 6.92 Å². The fraction of sp³-hybridized carbons (Fsp3) is 0.667. The molecular weight excluding hydrogens is 216 g/mol. The van der Waals surface area contributed by atoms with Gasteiger partial charge in [-0.3, -0.25) is 0 Å². The molecule has 5 nitrogen and oxygen atoms in total. The van der Waals surface area contributed by atoms with Gasteiger partial charge in [-0.15, -0.1) is 0 Å². The second kappa shape index (κ2) is 7.06. The van der Waals surface area contributed by atoms with Gasteiger partial charge >= 0.3 is 0 Å². The van der Waals surface area contributed by atoms with Gasteiger partial charge in [-0.2, -0.15) is 4.98 Å². The van der Waals surface area contributed by atoms with E-state index in [9.17, 15) is 0 Å². The fourth-order valence-corrected chi connectivity index (χ4v) is 1.54. The lowest BCUT2D eigenvalue weighted by Crippen LogP contribution is -2.28. The molecule has 1 aromatic heterocycles. The van der Waals surface area contributed by atoms with Gasteiger partial charge in [0.1, 0.15) is 18.2 Å². The number of hydrogen-bond acceptors (Lipinski definition) is 5. The Balaban J connectivity index is 2.48. The number of aromatic nitrogens is 2. The summed E-state index contributed by atoms with van der Waals surface area (Å²) in [7, 11) is 0. The Morgan fingerprint density at radius 3 is 2.53 bits per heavy atom. The maximum Gasteiger partial charge on any atom is 0.218 e. The summed E-state index contributed by atoms with van der Waals surface area (Å²) in [5, 5.41) is 0. The predicted octanol–water partition coefficient (Wildman–Crippen LogP) is 1.34. The molecule has 17 heavy (non-hydrogen) atoms. The summed E-state index contributed by atoms with van der Waals surface area (Å²) < 4.78 is 5.59. The highest BCUT2D eigenvalue weighted by Gasteiger charge is 2.03. The molecule has 0 amide bonds. The van der Waals surface area contributed by atoms with E-state index < -0.39 is 0 Å². The molecule has 0 spiro atoms. The van der Waals surface area contributed by atoms with Crippen molar-refractivity contribution in [2.45, 2.75) is 27.2 Å². The van der Waals surface area contributed by atoms with Gasteiger partial charge < -0.3 is 15.4 Å². The second-order valence-corrected chi connectivity index (χ2v) is 3.78. The van der Waals surface area contributed by atoms with Crippen LogP contribution in [0.4, 0.5) is 5.82 Å². The highest BCUT2D eigenvalue weighted by molar-refractivity contribution is 5.32. The van der Waals surface area contributed by atoms with Crippen molar-refractivity contribution in [3.63, 3.8) is 0 Å². The third-order valence-corrected chi connectivity index (χ3v) is 2.64. The van der Waals surface area contributed by atoms with Crippen molar-refractivity contribution in [2.75, 3.05) is 32.0 Å². The van der Waals surface area contributed by atoms with Crippen LogP contribution in [0, 0.1) is 0 Å². The normalized spacial score (nSPS) is 10.8. The SMILES string of the molecule is CCc1nc(N)cc(OCCN(CC)CC)n1. The van der Waals surface area contributed by atoms with Crippen molar-refractivity contribution in [2.24, 2.45) is 0 Å². The molecule has 0 aliphatic rings. The van der Waals surface area contributed by atoms with E-state index in [4.69, 9.17) is 10.5 Å². The Morgan fingerprint density at radius 2 is 1.94 bits per heavy atom. The molecule has 0 saturated heterocycles. The van der Waals surface area contributed by atoms with Crippen molar-refractivity contribution >= 4 is 5.82 Å². The smallest absolute Gasteiger partial charge is 0.218 e. The summed E-state index contributed by atoms with van der Waals surface area (Å²) in [6, 6.07) is 1.67. The van der Waals surface area contributed by atoms with E-state index >= 15 is 0 Å². The van der Waals surface area contributed by atoms with Crippen LogP contribution in [0.5, 0.6) is 5.88 Å².